The molecule has 0 fully saturated rings. The van der Waals surface area contributed by atoms with E-state index in [1.165, 1.54) is 6.07 Å². The molecule has 0 saturated carbocycles. The Labute approximate surface area is 216 Å². The lowest BCUT2D eigenvalue weighted by Crippen LogP contribution is -2.48. The SMILES string of the molecule is CCNC(=O)c1noc(-c2cc(C(C)C)c(O)cc2O)c1-c1ccc2c(c1)CCN(C(C=O)N(C)C)C2. The van der Waals surface area contributed by atoms with Gasteiger partial charge in [-0.25, -0.2) is 0 Å². The fraction of sp³-hybridized carbons (Fsp3) is 0.393. The number of benzene rings is 2. The van der Waals surface area contributed by atoms with E-state index in [1.54, 1.807) is 6.07 Å². The highest BCUT2D eigenvalue weighted by atomic mass is 16.5. The number of aldehydes is 1. The van der Waals surface area contributed by atoms with E-state index in [2.05, 4.69) is 15.4 Å². The number of hydrogen-bond acceptors (Lipinski definition) is 8. The molecule has 0 radical (unpaired) electrons. The van der Waals surface area contributed by atoms with Gasteiger partial charge in [0.1, 0.15) is 17.7 Å². The molecule has 0 bridgehead atoms. The van der Waals surface area contributed by atoms with Crippen LogP contribution in [0.3, 0.4) is 0 Å². The maximum Gasteiger partial charge on any atom is 0.274 e. The van der Waals surface area contributed by atoms with Gasteiger partial charge in [-0.3, -0.25) is 14.6 Å². The monoisotopic (exact) mass is 506 g/mol. The third kappa shape index (κ3) is 5.10. The molecule has 37 heavy (non-hydrogen) atoms. The third-order valence-corrected chi connectivity index (χ3v) is 6.82. The van der Waals surface area contributed by atoms with Gasteiger partial charge in [0.25, 0.3) is 5.91 Å². The summed E-state index contributed by atoms with van der Waals surface area (Å²) >= 11 is 0. The minimum Gasteiger partial charge on any atom is -0.508 e. The zero-order valence-electron chi connectivity index (χ0n) is 21.9. The van der Waals surface area contributed by atoms with Crippen molar-refractivity contribution in [3.8, 4) is 33.9 Å². The van der Waals surface area contributed by atoms with Crippen LogP contribution in [0.4, 0.5) is 0 Å². The number of nitrogens with one attached hydrogen (secondary N) is 1. The van der Waals surface area contributed by atoms with Gasteiger partial charge in [-0.1, -0.05) is 37.2 Å². The molecule has 0 saturated heterocycles. The largest absolute Gasteiger partial charge is 0.508 e. The van der Waals surface area contributed by atoms with Crippen molar-refractivity contribution in [3.63, 3.8) is 0 Å². The molecule has 196 valence electrons. The minimum absolute atomic E-state index is 0.00219. The summed E-state index contributed by atoms with van der Waals surface area (Å²) in [7, 11) is 3.77. The van der Waals surface area contributed by atoms with Crippen LogP contribution < -0.4 is 5.32 Å². The second-order valence-corrected chi connectivity index (χ2v) is 9.89. The Bertz CT molecular complexity index is 1310. The zero-order valence-corrected chi connectivity index (χ0v) is 21.9. The zero-order chi connectivity index (χ0) is 26.9. The van der Waals surface area contributed by atoms with Gasteiger partial charge < -0.3 is 24.8 Å². The topological polar surface area (TPSA) is 119 Å². The molecule has 9 heteroatoms. The number of likely N-dealkylation sites (N-methyl/N-ethyl adjacent to an activating group) is 1. The molecule has 1 amide bonds. The summed E-state index contributed by atoms with van der Waals surface area (Å²) in [6.07, 6.45) is 1.40. The van der Waals surface area contributed by atoms with Crippen molar-refractivity contribution < 1.29 is 24.3 Å². The summed E-state index contributed by atoms with van der Waals surface area (Å²) < 4.78 is 5.69. The number of phenolic OH excluding ortho intramolecular Hbond substituents is 2. The highest BCUT2D eigenvalue weighted by Gasteiger charge is 2.29. The van der Waals surface area contributed by atoms with Gasteiger partial charge in [0.2, 0.25) is 0 Å². The van der Waals surface area contributed by atoms with Crippen LogP contribution in [-0.4, -0.2) is 70.7 Å². The fourth-order valence-corrected chi connectivity index (χ4v) is 4.87. The van der Waals surface area contributed by atoms with Gasteiger partial charge in [0.05, 0.1) is 11.1 Å². The van der Waals surface area contributed by atoms with E-state index >= 15 is 0 Å². The first-order valence-electron chi connectivity index (χ1n) is 12.5. The third-order valence-electron chi connectivity index (χ3n) is 6.82. The van der Waals surface area contributed by atoms with E-state index < -0.39 is 0 Å². The summed E-state index contributed by atoms with van der Waals surface area (Å²) in [5, 5.41) is 27.9. The molecule has 4 rings (SSSR count). The summed E-state index contributed by atoms with van der Waals surface area (Å²) in [5.74, 6) is -0.298. The van der Waals surface area contributed by atoms with E-state index in [0.717, 1.165) is 29.4 Å². The predicted octanol–water partition coefficient (Wildman–Crippen LogP) is 3.74. The molecule has 2 heterocycles. The average molecular weight is 507 g/mol. The normalized spacial score (nSPS) is 14.6. The first-order chi connectivity index (χ1) is 17.7. The van der Waals surface area contributed by atoms with E-state index in [9.17, 15) is 19.8 Å². The van der Waals surface area contributed by atoms with Crippen LogP contribution >= 0.6 is 0 Å². The van der Waals surface area contributed by atoms with E-state index in [0.29, 0.717) is 36.3 Å². The van der Waals surface area contributed by atoms with Gasteiger partial charge in [-0.15, -0.1) is 0 Å². The first-order valence-corrected chi connectivity index (χ1v) is 12.5. The molecule has 1 atom stereocenters. The standard InChI is InChI=1S/C28H34N4O5/c1-6-29-28(36)26-25(27(37-30-26)21-12-20(16(2)3)22(34)13-23(21)35)18-7-8-19-14-32(10-9-17(19)11-18)24(15-33)31(4)5/h7-8,11-13,15-16,24,34-35H,6,9-10,14H2,1-5H3,(H,29,36). The number of carbonyl (C=O) groups excluding carboxylic acids is 2. The molecule has 3 aromatic rings. The fourth-order valence-electron chi connectivity index (χ4n) is 4.87. The lowest BCUT2D eigenvalue weighted by Gasteiger charge is -2.36. The van der Waals surface area contributed by atoms with Crippen molar-refractivity contribution in [1.29, 1.82) is 0 Å². The Morgan fingerprint density at radius 2 is 1.95 bits per heavy atom. The predicted molar refractivity (Wildman–Crippen MR) is 140 cm³/mol. The van der Waals surface area contributed by atoms with E-state index in [4.69, 9.17) is 4.52 Å². The van der Waals surface area contributed by atoms with Crippen LogP contribution in [0.2, 0.25) is 0 Å². The van der Waals surface area contributed by atoms with Crippen LogP contribution in [0, 0.1) is 0 Å². The van der Waals surface area contributed by atoms with Gasteiger partial charge >= 0.3 is 0 Å². The number of phenols is 2. The summed E-state index contributed by atoms with van der Waals surface area (Å²) in [5.41, 5.74) is 4.56. The summed E-state index contributed by atoms with van der Waals surface area (Å²) in [4.78, 5) is 28.6. The molecular formula is C28H34N4O5. The smallest absolute Gasteiger partial charge is 0.274 e. The van der Waals surface area contributed by atoms with Crippen LogP contribution in [0.15, 0.2) is 34.9 Å². The second-order valence-electron chi connectivity index (χ2n) is 9.89. The van der Waals surface area contributed by atoms with Crippen LogP contribution in [0.5, 0.6) is 11.5 Å². The number of nitrogens with zero attached hydrogens (tertiary/aromatic N) is 3. The van der Waals surface area contributed by atoms with Gasteiger partial charge in [0, 0.05) is 25.7 Å². The number of amides is 1. The van der Waals surface area contributed by atoms with Crippen LogP contribution in [0.1, 0.15) is 53.9 Å². The molecule has 2 aromatic carbocycles. The highest BCUT2D eigenvalue weighted by molar-refractivity contribution is 6.02. The molecular weight excluding hydrogens is 472 g/mol. The molecule has 1 aromatic heterocycles. The Morgan fingerprint density at radius 1 is 1.19 bits per heavy atom. The van der Waals surface area contributed by atoms with Crippen LogP contribution in [-0.2, 0) is 17.8 Å². The summed E-state index contributed by atoms with van der Waals surface area (Å²) in [6, 6.07) is 8.91. The lowest BCUT2D eigenvalue weighted by atomic mass is 9.91. The number of aromatic hydroxyl groups is 2. The minimum atomic E-state index is -0.376. The molecule has 9 nitrogen and oxygen atoms in total. The summed E-state index contributed by atoms with van der Waals surface area (Å²) in [6.45, 7) is 7.48. The Balaban J connectivity index is 1.82. The number of aromatic nitrogens is 1. The number of rotatable bonds is 8. The molecule has 1 unspecified atom stereocenters. The molecule has 0 spiro atoms. The Hall–Kier alpha value is -3.69. The first kappa shape index (κ1) is 26.4. The average Bonchev–Trinajstić information content (AvgIpc) is 3.29. The molecule has 3 N–H and O–H groups in total. The van der Waals surface area contributed by atoms with E-state index in [1.807, 2.05) is 58.0 Å². The van der Waals surface area contributed by atoms with Crippen molar-refractivity contribution in [2.45, 2.75) is 45.8 Å². The van der Waals surface area contributed by atoms with Crippen molar-refractivity contribution >= 4 is 12.2 Å². The number of carbonyl (C=O) groups is 2. The van der Waals surface area contributed by atoms with Crippen molar-refractivity contribution in [2.24, 2.45) is 0 Å². The molecule has 1 aliphatic heterocycles. The van der Waals surface area contributed by atoms with Crippen LogP contribution in [0.25, 0.3) is 22.5 Å². The molecule has 1 aliphatic rings. The highest BCUT2D eigenvalue weighted by Crippen LogP contribution is 2.43. The number of fused-ring (bicyclic) bond motifs is 1. The Kier molecular flexibility index (Phi) is 7.65. The Morgan fingerprint density at radius 3 is 2.59 bits per heavy atom. The van der Waals surface area contributed by atoms with Crippen molar-refractivity contribution in [1.82, 2.24) is 20.3 Å². The maximum absolute atomic E-state index is 12.9. The second kappa shape index (κ2) is 10.7. The number of hydrogen-bond donors (Lipinski definition) is 3. The molecule has 0 aliphatic carbocycles. The quantitative estimate of drug-likeness (QED) is 0.396. The van der Waals surface area contributed by atoms with E-state index in [-0.39, 0.29) is 40.9 Å². The van der Waals surface area contributed by atoms with Crippen molar-refractivity contribution in [3.05, 3.63) is 52.7 Å². The van der Waals surface area contributed by atoms with Gasteiger partial charge in [-0.2, -0.15) is 0 Å². The lowest BCUT2D eigenvalue weighted by molar-refractivity contribution is -0.117. The van der Waals surface area contributed by atoms with Gasteiger partial charge in [0.15, 0.2) is 17.7 Å². The maximum atomic E-state index is 12.9. The van der Waals surface area contributed by atoms with Crippen molar-refractivity contribution in [2.75, 3.05) is 27.2 Å². The van der Waals surface area contributed by atoms with Gasteiger partial charge in [-0.05, 0) is 61.7 Å².